The fraction of sp³-hybridized carbons (Fsp3) is 0.538. The number of rotatable bonds is 4. The van der Waals surface area contributed by atoms with E-state index in [-0.39, 0.29) is 6.61 Å². The van der Waals surface area contributed by atoms with Crippen molar-refractivity contribution in [3.05, 3.63) is 35.9 Å². The number of benzene rings is 1. The number of hydrogen-bond donors (Lipinski definition) is 4. The summed E-state index contributed by atoms with van der Waals surface area (Å²) in [6.07, 6.45) is -4.16. The molecule has 0 amide bonds. The summed E-state index contributed by atoms with van der Waals surface area (Å²) in [6, 6.07) is 8.59. The van der Waals surface area contributed by atoms with Gasteiger partial charge in [0.2, 0.25) is 0 Å². The minimum absolute atomic E-state index is 0.278. The maximum Gasteiger partial charge on any atom is 0.176 e. The molecule has 5 atom stereocenters. The molecule has 0 aliphatic carbocycles. The Morgan fingerprint density at radius 1 is 1.16 bits per heavy atom. The molecule has 106 valence electrons. The zero-order chi connectivity index (χ0) is 13.8. The largest absolute Gasteiger partial charge is 0.394 e. The van der Waals surface area contributed by atoms with Crippen LogP contribution < -0.4 is 5.73 Å². The maximum absolute atomic E-state index is 9.77. The molecule has 19 heavy (non-hydrogen) atoms. The third-order valence-electron chi connectivity index (χ3n) is 3.19. The first-order valence-electron chi connectivity index (χ1n) is 6.17. The molecule has 0 radical (unpaired) electrons. The van der Waals surface area contributed by atoms with Gasteiger partial charge in [0.1, 0.15) is 18.3 Å². The van der Waals surface area contributed by atoms with Crippen LogP contribution >= 0.6 is 0 Å². The average Bonchev–Trinajstić information content (AvgIpc) is 2.45. The Morgan fingerprint density at radius 2 is 1.84 bits per heavy atom. The van der Waals surface area contributed by atoms with E-state index in [2.05, 4.69) is 0 Å². The molecule has 1 aliphatic heterocycles. The number of aliphatic hydroxyl groups is 3. The second-order valence-electron chi connectivity index (χ2n) is 4.58. The SMILES string of the molecule is N[C@@H]1[C@H](OCc2ccccc2)O[C@@H](CO)[C@@H](O)[C@H]1O. The van der Waals surface area contributed by atoms with Gasteiger partial charge in [0, 0.05) is 0 Å². The number of ether oxygens (including phenoxy) is 2. The molecule has 5 N–H and O–H groups in total. The molecule has 1 aliphatic rings. The third-order valence-corrected chi connectivity index (χ3v) is 3.19. The summed E-state index contributed by atoms with van der Waals surface area (Å²) < 4.78 is 10.8. The van der Waals surface area contributed by atoms with E-state index < -0.39 is 37.3 Å². The van der Waals surface area contributed by atoms with Crippen LogP contribution in [-0.2, 0) is 16.1 Å². The quantitative estimate of drug-likeness (QED) is 0.557. The van der Waals surface area contributed by atoms with E-state index in [1.54, 1.807) is 0 Å². The Morgan fingerprint density at radius 3 is 2.47 bits per heavy atom. The molecule has 6 heteroatoms. The standard InChI is InChI=1S/C13H19NO5/c14-10-12(17)11(16)9(6-15)19-13(10)18-7-8-4-2-1-3-5-8/h1-5,9-13,15-17H,6-7,14H2/t9-,10-,11+,12-,13+/m0/s1. The Kier molecular flexibility index (Phi) is 4.87. The molecule has 6 nitrogen and oxygen atoms in total. The first-order valence-corrected chi connectivity index (χ1v) is 6.17. The lowest BCUT2D eigenvalue weighted by atomic mass is 9.98. The van der Waals surface area contributed by atoms with Gasteiger partial charge in [0.25, 0.3) is 0 Å². The fourth-order valence-corrected chi connectivity index (χ4v) is 2.01. The van der Waals surface area contributed by atoms with Gasteiger partial charge in [0.05, 0.1) is 19.3 Å². The van der Waals surface area contributed by atoms with Gasteiger partial charge in [-0.25, -0.2) is 0 Å². The molecule has 1 aromatic carbocycles. The van der Waals surface area contributed by atoms with Crippen LogP contribution in [0, 0.1) is 0 Å². The minimum Gasteiger partial charge on any atom is -0.394 e. The number of nitrogens with two attached hydrogens (primary N) is 1. The van der Waals surface area contributed by atoms with Gasteiger partial charge in [-0.15, -0.1) is 0 Å². The summed E-state index contributed by atoms with van der Waals surface area (Å²) in [4.78, 5) is 0. The van der Waals surface area contributed by atoms with Gasteiger partial charge in [-0.3, -0.25) is 0 Å². The lowest BCUT2D eigenvalue weighted by molar-refractivity contribution is -0.269. The highest BCUT2D eigenvalue weighted by molar-refractivity contribution is 5.13. The van der Waals surface area contributed by atoms with E-state index in [1.807, 2.05) is 30.3 Å². The van der Waals surface area contributed by atoms with Crippen molar-refractivity contribution in [2.45, 2.75) is 37.3 Å². The Labute approximate surface area is 111 Å². The third kappa shape index (κ3) is 3.30. The van der Waals surface area contributed by atoms with Crippen molar-refractivity contribution in [2.75, 3.05) is 6.61 Å². The van der Waals surface area contributed by atoms with Crippen LogP contribution in [0.2, 0.25) is 0 Å². The molecule has 0 saturated carbocycles. The van der Waals surface area contributed by atoms with Crippen molar-refractivity contribution in [2.24, 2.45) is 5.73 Å². The predicted molar refractivity (Wildman–Crippen MR) is 67.0 cm³/mol. The highest BCUT2D eigenvalue weighted by Gasteiger charge is 2.42. The molecule has 2 rings (SSSR count). The molecular weight excluding hydrogens is 250 g/mol. The molecule has 0 spiro atoms. The molecule has 0 unspecified atom stereocenters. The minimum atomic E-state index is -1.21. The van der Waals surface area contributed by atoms with E-state index in [1.165, 1.54) is 0 Å². The van der Waals surface area contributed by atoms with Gasteiger partial charge < -0.3 is 30.5 Å². The van der Waals surface area contributed by atoms with Gasteiger partial charge in [0.15, 0.2) is 6.29 Å². The monoisotopic (exact) mass is 269 g/mol. The van der Waals surface area contributed by atoms with E-state index in [9.17, 15) is 10.2 Å². The lowest BCUT2D eigenvalue weighted by Crippen LogP contribution is -2.62. The first-order chi connectivity index (χ1) is 9.13. The van der Waals surface area contributed by atoms with Crippen molar-refractivity contribution >= 4 is 0 Å². The second-order valence-corrected chi connectivity index (χ2v) is 4.58. The molecule has 1 fully saturated rings. The molecular formula is C13H19NO5. The van der Waals surface area contributed by atoms with Crippen LogP contribution in [0.5, 0.6) is 0 Å². The van der Waals surface area contributed by atoms with Gasteiger partial charge in [-0.1, -0.05) is 30.3 Å². The molecule has 1 saturated heterocycles. The average molecular weight is 269 g/mol. The lowest BCUT2D eigenvalue weighted by Gasteiger charge is -2.40. The van der Waals surface area contributed by atoms with E-state index >= 15 is 0 Å². The van der Waals surface area contributed by atoms with E-state index in [4.69, 9.17) is 20.3 Å². The zero-order valence-electron chi connectivity index (χ0n) is 10.4. The second kappa shape index (κ2) is 6.42. The summed E-state index contributed by atoms with van der Waals surface area (Å²) >= 11 is 0. The Bertz CT molecular complexity index is 386. The Hall–Kier alpha value is -1.02. The van der Waals surface area contributed by atoms with Crippen molar-refractivity contribution < 1.29 is 24.8 Å². The van der Waals surface area contributed by atoms with Crippen molar-refractivity contribution in [1.82, 2.24) is 0 Å². The molecule has 0 bridgehead atoms. The summed E-state index contributed by atoms with van der Waals surface area (Å²) in [5, 5.41) is 28.5. The highest BCUT2D eigenvalue weighted by Crippen LogP contribution is 2.21. The fourth-order valence-electron chi connectivity index (χ4n) is 2.01. The summed E-state index contributed by atoms with van der Waals surface area (Å²) in [6.45, 7) is -0.129. The smallest absolute Gasteiger partial charge is 0.176 e. The summed E-state index contributed by atoms with van der Waals surface area (Å²) in [5.74, 6) is 0. The normalized spacial score (nSPS) is 35.3. The molecule has 1 heterocycles. The van der Waals surface area contributed by atoms with E-state index in [0.29, 0.717) is 0 Å². The van der Waals surface area contributed by atoms with Crippen molar-refractivity contribution in [3.63, 3.8) is 0 Å². The maximum atomic E-state index is 9.77. The van der Waals surface area contributed by atoms with Crippen LogP contribution in [0.15, 0.2) is 30.3 Å². The zero-order valence-corrected chi connectivity index (χ0v) is 10.4. The van der Waals surface area contributed by atoms with Crippen molar-refractivity contribution in [3.8, 4) is 0 Å². The summed E-state index contributed by atoms with van der Waals surface area (Å²) in [7, 11) is 0. The van der Waals surface area contributed by atoms with Gasteiger partial charge in [-0.2, -0.15) is 0 Å². The summed E-state index contributed by atoms with van der Waals surface area (Å²) in [5.41, 5.74) is 6.70. The van der Waals surface area contributed by atoms with Gasteiger partial charge in [-0.05, 0) is 5.56 Å². The van der Waals surface area contributed by atoms with Crippen LogP contribution in [0.1, 0.15) is 5.56 Å². The van der Waals surface area contributed by atoms with E-state index in [0.717, 1.165) is 5.56 Å². The molecule has 0 aromatic heterocycles. The van der Waals surface area contributed by atoms with Crippen LogP contribution in [0.4, 0.5) is 0 Å². The number of aliphatic hydroxyl groups excluding tert-OH is 3. The molecule has 1 aromatic rings. The van der Waals surface area contributed by atoms with Crippen LogP contribution in [0.3, 0.4) is 0 Å². The number of hydrogen-bond acceptors (Lipinski definition) is 6. The predicted octanol–water partition coefficient (Wildman–Crippen LogP) is -1.03. The van der Waals surface area contributed by atoms with Crippen molar-refractivity contribution in [1.29, 1.82) is 0 Å². The Balaban J connectivity index is 1.95. The first kappa shape index (κ1) is 14.4. The van der Waals surface area contributed by atoms with Gasteiger partial charge >= 0.3 is 0 Å². The topological polar surface area (TPSA) is 105 Å². The van der Waals surface area contributed by atoms with Crippen LogP contribution in [-0.4, -0.2) is 52.6 Å². The highest BCUT2D eigenvalue weighted by atomic mass is 16.7. The van der Waals surface area contributed by atoms with Crippen LogP contribution in [0.25, 0.3) is 0 Å².